The molecule has 0 bridgehead atoms. The van der Waals surface area contributed by atoms with E-state index in [2.05, 4.69) is 20.3 Å². The first-order chi connectivity index (χ1) is 8.16. The molecule has 2 heterocycles. The average Bonchev–Trinajstić information content (AvgIpc) is 2.71. The molecule has 0 atom stereocenters. The maximum Gasteiger partial charge on any atom is 0.303 e. The van der Waals surface area contributed by atoms with Gasteiger partial charge in [-0.1, -0.05) is 0 Å². The number of nitrogens with zero attached hydrogens (tertiary/aromatic N) is 2. The van der Waals surface area contributed by atoms with Crippen LogP contribution in [-0.2, 0) is 4.79 Å². The number of fused-ring (bicyclic) bond motifs is 1. The summed E-state index contributed by atoms with van der Waals surface area (Å²) in [5.41, 5.74) is 1.50. The number of carboxylic acids is 1. The second-order valence-corrected chi connectivity index (χ2v) is 3.84. The quantitative estimate of drug-likeness (QED) is 0.560. The molecule has 0 fully saturated rings. The summed E-state index contributed by atoms with van der Waals surface area (Å²) in [5, 5.41) is 11.7. The number of hydrogen-bond acceptors (Lipinski definition) is 4. The van der Waals surface area contributed by atoms with Gasteiger partial charge in [-0.3, -0.25) is 4.79 Å². The van der Waals surface area contributed by atoms with E-state index in [9.17, 15) is 4.79 Å². The third-order valence-corrected chi connectivity index (χ3v) is 2.41. The van der Waals surface area contributed by atoms with Gasteiger partial charge < -0.3 is 15.4 Å². The van der Waals surface area contributed by atoms with Crippen molar-refractivity contribution in [2.75, 3.05) is 11.9 Å². The summed E-state index contributed by atoms with van der Waals surface area (Å²) in [6.07, 6.45) is 2.40. The summed E-state index contributed by atoms with van der Waals surface area (Å²) in [7, 11) is 0. The van der Waals surface area contributed by atoms with E-state index in [1.165, 1.54) is 0 Å². The number of aromatic nitrogens is 3. The molecule has 0 aliphatic carbocycles. The lowest BCUT2D eigenvalue weighted by Gasteiger charge is -2.05. The van der Waals surface area contributed by atoms with Gasteiger partial charge in [-0.05, 0) is 24.1 Å². The number of nitrogens with one attached hydrogen (secondary N) is 2. The summed E-state index contributed by atoms with van der Waals surface area (Å²) in [4.78, 5) is 21.5. The van der Waals surface area contributed by atoms with Crippen molar-refractivity contribution in [1.82, 2.24) is 15.0 Å². The lowest BCUT2D eigenvalue weighted by molar-refractivity contribution is -0.137. The van der Waals surface area contributed by atoms with Crippen LogP contribution in [0.5, 0.6) is 0 Å². The van der Waals surface area contributed by atoms with E-state index in [0.29, 0.717) is 18.8 Å². The Morgan fingerprint density at radius 2 is 2.35 bits per heavy atom. The number of carbonyl (C=O) groups is 1. The molecule has 2 aromatic rings. The minimum absolute atomic E-state index is 0.125. The van der Waals surface area contributed by atoms with E-state index in [-0.39, 0.29) is 11.7 Å². The van der Waals surface area contributed by atoms with Gasteiger partial charge in [0.25, 0.3) is 0 Å². The first-order valence-corrected chi connectivity index (χ1v) is 5.51. The fourth-order valence-corrected chi connectivity index (χ4v) is 1.67. The predicted molar refractivity (Wildman–Crippen MR) is 64.3 cm³/mol. The molecule has 7 heteroatoms. The maximum atomic E-state index is 10.4. The van der Waals surface area contributed by atoms with Crippen molar-refractivity contribution in [3.8, 4) is 0 Å². The number of halogens is 1. The molecule has 0 spiro atoms. The summed E-state index contributed by atoms with van der Waals surface area (Å²) in [5.74, 6) is -0.215. The van der Waals surface area contributed by atoms with E-state index in [0.717, 1.165) is 11.0 Å². The molecule has 17 heavy (non-hydrogen) atoms. The van der Waals surface area contributed by atoms with Gasteiger partial charge in [0.05, 0.1) is 5.52 Å². The molecule has 0 aliphatic heterocycles. The Hall–Kier alpha value is -1.82. The third kappa shape index (κ3) is 2.85. The number of aliphatic carboxylic acids is 1. The SMILES string of the molecule is O=C(O)CCCNc1nc(Cl)nc2cc[nH]c12. The van der Waals surface area contributed by atoms with Crippen molar-refractivity contribution < 1.29 is 9.90 Å². The van der Waals surface area contributed by atoms with Crippen LogP contribution < -0.4 is 5.32 Å². The van der Waals surface area contributed by atoms with Gasteiger partial charge in [-0.2, -0.15) is 4.98 Å². The normalized spacial score (nSPS) is 10.6. The van der Waals surface area contributed by atoms with Gasteiger partial charge in [0.15, 0.2) is 5.82 Å². The summed E-state index contributed by atoms with van der Waals surface area (Å²) >= 11 is 5.77. The topological polar surface area (TPSA) is 90.9 Å². The van der Waals surface area contributed by atoms with Gasteiger partial charge in [0.1, 0.15) is 5.52 Å². The molecule has 0 radical (unpaired) electrons. The standard InChI is InChI=1S/C10H11ClN4O2/c11-10-14-6-3-5-12-8(6)9(15-10)13-4-1-2-7(16)17/h3,5,12H,1-2,4H2,(H,16,17)(H,13,14,15). The summed E-state index contributed by atoms with van der Waals surface area (Å²) in [6.45, 7) is 0.522. The predicted octanol–water partition coefficient (Wildman–Crippen LogP) is 1.89. The van der Waals surface area contributed by atoms with Crippen LogP contribution in [0.3, 0.4) is 0 Å². The summed E-state index contributed by atoms with van der Waals surface area (Å²) in [6, 6.07) is 1.80. The maximum absolute atomic E-state index is 10.4. The number of hydrogen-bond donors (Lipinski definition) is 3. The molecule has 0 aliphatic rings. The zero-order chi connectivity index (χ0) is 12.3. The van der Waals surface area contributed by atoms with E-state index in [1.54, 1.807) is 12.3 Å². The van der Waals surface area contributed by atoms with Gasteiger partial charge in [-0.25, -0.2) is 4.98 Å². The minimum Gasteiger partial charge on any atom is -0.481 e. The fraction of sp³-hybridized carbons (Fsp3) is 0.300. The number of H-pyrrole nitrogens is 1. The molecular weight excluding hydrogens is 244 g/mol. The first-order valence-electron chi connectivity index (χ1n) is 5.13. The number of anilines is 1. The highest BCUT2D eigenvalue weighted by atomic mass is 35.5. The molecule has 0 unspecified atom stereocenters. The van der Waals surface area contributed by atoms with E-state index in [1.807, 2.05) is 0 Å². The van der Waals surface area contributed by atoms with Gasteiger partial charge in [0, 0.05) is 19.2 Å². The monoisotopic (exact) mass is 254 g/mol. The molecular formula is C10H11ClN4O2. The molecule has 2 rings (SSSR count). The smallest absolute Gasteiger partial charge is 0.303 e. The largest absolute Gasteiger partial charge is 0.481 e. The number of carboxylic acid groups (broad SMARTS) is 1. The molecule has 0 amide bonds. The Bertz CT molecular complexity index is 540. The minimum atomic E-state index is -0.808. The molecule has 6 nitrogen and oxygen atoms in total. The van der Waals surface area contributed by atoms with Gasteiger partial charge >= 0.3 is 5.97 Å². The highest BCUT2D eigenvalue weighted by Crippen LogP contribution is 2.20. The summed E-state index contributed by atoms with van der Waals surface area (Å²) < 4.78 is 0. The van der Waals surface area contributed by atoms with Crippen LogP contribution in [0.1, 0.15) is 12.8 Å². The second kappa shape index (κ2) is 5.01. The zero-order valence-corrected chi connectivity index (χ0v) is 9.66. The Balaban J connectivity index is 2.07. The van der Waals surface area contributed by atoms with E-state index in [4.69, 9.17) is 16.7 Å². The fourth-order valence-electron chi connectivity index (χ4n) is 1.49. The molecule has 3 N–H and O–H groups in total. The van der Waals surface area contributed by atoms with Crippen LogP contribution in [0.25, 0.3) is 11.0 Å². The van der Waals surface area contributed by atoms with Crippen molar-refractivity contribution in [1.29, 1.82) is 0 Å². The van der Waals surface area contributed by atoms with E-state index < -0.39 is 5.97 Å². The van der Waals surface area contributed by atoms with Crippen LogP contribution in [0.4, 0.5) is 5.82 Å². The van der Waals surface area contributed by atoms with Crippen molar-refractivity contribution >= 4 is 34.4 Å². The first kappa shape index (κ1) is 11.7. The van der Waals surface area contributed by atoms with Crippen LogP contribution in [-0.4, -0.2) is 32.6 Å². The van der Waals surface area contributed by atoms with Crippen LogP contribution in [0.2, 0.25) is 5.28 Å². The second-order valence-electron chi connectivity index (χ2n) is 3.50. The average molecular weight is 255 g/mol. The highest BCUT2D eigenvalue weighted by Gasteiger charge is 2.07. The van der Waals surface area contributed by atoms with Crippen LogP contribution >= 0.6 is 11.6 Å². The van der Waals surface area contributed by atoms with Crippen molar-refractivity contribution in [2.45, 2.75) is 12.8 Å². The van der Waals surface area contributed by atoms with Crippen LogP contribution in [0.15, 0.2) is 12.3 Å². The Kier molecular flexibility index (Phi) is 3.43. The van der Waals surface area contributed by atoms with Crippen LogP contribution in [0, 0.1) is 0 Å². The zero-order valence-electron chi connectivity index (χ0n) is 8.90. The van der Waals surface area contributed by atoms with Crippen molar-refractivity contribution in [3.05, 3.63) is 17.5 Å². The van der Waals surface area contributed by atoms with Gasteiger partial charge in [-0.15, -0.1) is 0 Å². The highest BCUT2D eigenvalue weighted by molar-refractivity contribution is 6.28. The van der Waals surface area contributed by atoms with E-state index >= 15 is 0 Å². The lowest BCUT2D eigenvalue weighted by atomic mass is 10.3. The van der Waals surface area contributed by atoms with Gasteiger partial charge in [0.2, 0.25) is 5.28 Å². The van der Waals surface area contributed by atoms with Crippen molar-refractivity contribution in [2.24, 2.45) is 0 Å². The lowest BCUT2D eigenvalue weighted by Crippen LogP contribution is -2.07. The molecule has 0 saturated heterocycles. The Morgan fingerprint density at radius 1 is 1.53 bits per heavy atom. The molecule has 0 saturated carbocycles. The van der Waals surface area contributed by atoms with Crippen molar-refractivity contribution in [3.63, 3.8) is 0 Å². The molecule has 0 aromatic carbocycles. The number of aromatic amines is 1. The molecule has 90 valence electrons. The molecule has 2 aromatic heterocycles. The Labute approximate surface area is 102 Å². The Morgan fingerprint density at radius 3 is 3.12 bits per heavy atom. The number of rotatable bonds is 5. The third-order valence-electron chi connectivity index (χ3n) is 2.24.